The summed E-state index contributed by atoms with van der Waals surface area (Å²) in [6.07, 6.45) is 0. The van der Waals surface area contributed by atoms with E-state index in [1.807, 2.05) is 25.3 Å². The van der Waals surface area contributed by atoms with Crippen LogP contribution in [-0.2, 0) is 4.74 Å². The second-order valence-electron chi connectivity index (χ2n) is 3.56. The first-order chi connectivity index (χ1) is 8.13. The van der Waals surface area contributed by atoms with Crippen LogP contribution in [0.1, 0.15) is 28.0 Å². The molecule has 90 valence electrons. The van der Waals surface area contributed by atoms with E-state index in [9.17, 15) is 4.79 Å². The van der Waals surface area contributed by atoms with Crippen molar-refractivity contribution in [3.63, 3.8) is 0 Å². The molecule has 0 radical (unpaired) electrons. The number of ether oxygens (including phenoxy) is 1. The van der Waals surface area contributed by atoms with Gasteiger partial charge in [0.2, 0.25) is 0 Å². The van der Waals surface area contributed by atoms with Crippen LogP contribution < -0.4 is 0 Å². The summed E-state index contributed by atoms with van der Waals surface area (Å²) in [7, 11) is 0. The SMILES string of the molecule is CCOC(=O)c1nc(C)sc1-c1sccc1C. The Morgan fingerprint density at radius 1 is 1.41 bits per heavy atom. The molecule has 5 heteroatoms. The highest BCUT2D eigenvalue weighted by molar-refractivity contribution is 7.21. The minimum Gasteiger partial charge on any atom is -0.461 e. The summed E-state index contributed by atoms with van der Waals surface area (Å²) < 4.78 is 5.03. The highest BCUT2D eigenvalue weighted by atomic mass is 32.1. The van der Waals surface area contributed by atoms with Gasteiger partial charge in [0.1, 0.15) is 0 Å². The van der Waals surface area contributed by atoms with Crippen LogP contribution in [0.5, 0.6) is 0 Å². The van der Waals surface area contributed by atoms with Crippen molar-refractivity contribution in [2.75, 3.05) is 6.61 Å². The molecule has 0 aromatic carbocycles. The third-order valence-corrected chi connectivity index (χ3v) is 4.42. The lowest BCUT2D eigenvalue weighted by atomic mass is 10.2. The molecule has 2 aromatic heterocycles. The summed E-state index contributed by atoms with van der Waals surface area (Å²) in [5.41, 5.74) is 1.61. The second kappa shape index (κ2) is 4.98. The number of aryl methyl sites for hydroxylation is 2. The highest BCUT2D eigenvalue weighted by Crippen LogP contribution is 2.36. The predicted molar refractivity (Wildman–Crippen MR) is 70.9 cm³/mol. The minimum atomic E-state index is -0.334. The molecule has 17 heavy (non-hydrogen) atoms. The van der Waals surface area contributed by atoms with Gasteiger partial charge < -0.3 is 4.74 Å². The van der Waals surface area contributed by atoms with Crippen molar-refractivity contribution in [3.05, 3.63) is 27.7 Å². The first kappa shape index (κ1) is 12.3. The first-order valence-corrected chi connectivity index (χ1v) is 7.02. The van der Waals surface area contributed by atoms with Crippen LogP contribution in [0.25, 0.3) is 9.75 Å². The van der Waals surface area contributed by atoms with Gasteiger partial charge in [-0.15, -0.1) is 22.7 Å². The Balaban J connectivity index is 2.48. The molecule has 0 saturated carbocycles. The smallest absolute Gasteiger partial charge is 0.358 e. The molecule has 0 unspecified atom stereocenters. The summed E-state index contributed by atoms with van der Waals surface area (Å²) in [4.78, 5) is 18.1. The van der Waals surface area contributed by atoms with Gasteiger partial charge in [0, 0.05) is 4.88 Å². The Morgan fingerprint density at radius 3 is 2.76 bits per heavy atom. The fourth-order valence-corrected chi connectivity index (χ4v) is 3.57. The van der Waals surface area contributed by atoms with Gasteiger partial charge in [-0.3, -0.25) is 0 Å². The maximum absolute atomic E-state index is 11.8. The molecule has 0 saturated heterocycles. The lowest BCUT2D eigenvalue weighted by Gasteiger charge is -2.01. The number of aromatic nitrogens is 1. The number of esters is 1. The number of carbonyl (C=O) groups is 1. The molecule has 2 aromatic rings. The molecule has 0 aliphatic heterocycles. The highest BCUT2D eigenvalue weighted by Gasteiger charge is 2.21. The molecule has 2 rings (SSSR count). The fraction of sp³-hybridized carbons (Fsp3) is 0.333. The lowest BCUT2D eigenvalue weighted by molar-refractivity contribution is 0.0521. The third-order valence-electron chi connectivity index (χ3n) is 2.27. The van der Waals surface area contributed by atoms with Gasteiger partial charge in [0.15, 0.2) is 5.69 Å². The maximum Gasteiger partial charge on any atom is 0.358 e. The van der Waals surface area contributed by atoms with E-state index in [1.54, 1.807) is 18.3 Å². The van der Waals surface area contributed by atoms with Crippen molar-refractivity contribution in [2.24, 2.45) is 0 Å². The number of hydrogen-bond acceptors (Lipinski definition) is 5. The number of rotatable bonds is 3. The van der Waals surface area contributed by atoms with Crippen molar-refractivity contribution in [3.8, 4) is 9.75 Å². The van der Waals surface area contributed by atoms with E-state index in [2.05, 4.69) is 4.98 Å². The summed E-state index contributed by atoms with van der Waals surface area (Å²) >= 11 is 3.17. The van der Waals surface area contributed by atoms with Gasteiger partial charge in [0.25, 0.3) is 0 Å². The average Bonchev–Trinajstić information content (AvgIpc) is 2.84. The quantitative estimate of drug-likeness (QED) is 0.797. The molecule has 0 bridgehead atoms. The van der Waals surface area contributed by atoms with Gasteiger partial charge in [0.05, 0.1) is 16.5 Å². The van der Waals surface area contributed by atoms with Crippen molar-refractivity contribution in [2.45, 2.75) is 20.8 Å². The normalized spacial score (nSPS) is 10.5. The largest absolute Gasteiger partial charge is 0.461 e. The molecule has 2 heterocycles. The Bertz CT molecular complexity index is 542. The van der Waals surface area contributed by atoms with E-state index in [-0.39, 0.29) is 5.97 Å². The fourth-order valence-electron chi connectivity index (χ4n) is 1.52. The zero-order valence-electron chi connectivity index (χ0n) is 9.94. The van der Waals surface area contributed by atoms with E-state index in [0.29, 0.717) is 12.3 Å². The molecule has 0 spiro atoms. The topological polar surface area (TPSA) is 39.2 Å². The number of carbonyl (C=O) groups excluding carboxylic acids is 1. The van der Waals surface area contributed by atoms with Crippen molar-refractivity contribution < 1.29 is 9.53 Å². The van der Waals surface area contributed by atoms with Crippen molar-refractivity contribution in [1.29, 1.82) is 0 Å². The summed E-state index contributed by atoms with van der Waals surface area (Å²) in [6.45, 7) is 6.11. The Kier molecular flexibility index (Phi) is 3.59. The molecular weight excluding hydrogens is 254 g/mol. The predicted octanol–water partition coefficient (Wildman–Crippen LogP) is 3.67. The summed E-state index contributed by atoms with van der Waals surface area (Å²) in [5.74, 6) is -0.334. The monoisotopic (exact) mass is 267 g/mol. The van der Waals surface area contributed by atoms with Crippen LogP contribution >= 0.6 is 22.7 Å². The van der Waals surface area contributed by atoms with Crippen LogP contribution in [0.3, 0.4) is 0 Å². The van der Waals surface area contributed by atoms with Crippen LogP contribution in [-0.4, -0.2) is 17.6 Å². The van der Waals surface area contributed by atoms with Gasteiger partial charge in [-0.25, -0.2) is 9.78 Å². The van der Waals surface area contributed by atoms with E-state index in [0.717, 1.165) is 14.8 Å². The van der Waals surface area contributed by atoms with E-state index < -0.39 is 0 Å². The Hall–Kier alpha value is -1.20. The number of nitrogens with zero attached hydrogens (tertiary/aromatic N) is 1. The molecule has 0 aliphatic rings. The van der Waals surface area contributed by atoms with Crippen LogP contribution in [0, 0.1) is 13.8 Å². The summed E-state index contributed by atoms with van der Waals surface area (Å²) in [6, 6.07) is 2.05. The molecular formula is C12H13NO2S2. The first-order valence-electron chi connectivity index (χ1n) is 5.32. The molecule has 0 fully saturated rings. The molecule has 3 nitrogen and oxygen atoms in total. The number of hydrogen-bond donors (Lipinski definition) is 0. The second-order valence-corrected chi connectivity index (χ2v) is 5.68. The van der Waals surface area contributed by atoms with Crippen LogP contribution in [0.4, 0.5) is 0 Å². The van der Waals surface area contributed by atoms with E-state index in [4.69, 9.17) is 4.74 Å². The Morgan fingerprint density at radius 2 is 2.18 bits per heavy atom. The molecule has 0 atom stereocenters. The average molecular weight is 267 g/mol. The van der Waals surface area contributed by atoms with Crippen LogP contribution in [0.15, 0.2) is 11.4 Å². The van der Waals surface area contributed by atoms with E-state index >= 15 is 0 Å². The summed E-state index contributed by atoms with van der Waals surface area (Å²) in [5, 5.41) is 2.91. The van der Waals surface area contributed by atoms with Crippen LogP contribution in [0.2, 0.25) is 0 Å². The van der Waals surface area contributed by atoms with Crippen molar-refractivity contribution in [1.82, 2.24) is 4.98 Å². The minimum absolute atomic E-state index is 0.334. The standard InChI is InChI=1S/C12H13NO2S2/c1-4-15-12(14)9-11(17-8(3)13-9)10-7(2)5-6-16-10/h5-6H,4H2,1-3H3. The van der Waals surface area contributed by atoms with Gasteiger partial charge in [-0.2, -0.15) is 0 Å². The molecule has 0 N–H and O–H groups in total. The number of thiophene rings is 1. The van der Waals surface area contributed by atoms with Gasteiger partial charge >= 0.3 is 5.97 Å². The third kappa shape index (κ3) is 2.40. The molecule has 0 amide bonds. The van der Waals surface area contributed by atoms with Gasteiger partial charge in [-0.1, -0.05) is 0 Å². The van der Waals surface area contributed by atoms with Crippen molar-refractivity contribution >= 4 is 28.6 Å². The maximum atomic E-state index is 11.8. The van der Waals surface area contributed by atoms with E-state index in [1.165, 1.54) is 16.9 Å². The Labute approximate surface area is 108 Å². The molecule has 0 aliphatic carbocycles. The lowest BCUT2D eigenvalue weighted by Crippen LogP contribution is -2.06. The zero-order chi connectivity index (χ0) is 12.4. The van der Waals surface area contributed by atoms with Gasteiger partial charge in [-0.05, 0) is 37.8 Å². The number of thiazole rings is 1. The zero-order valence-corrected chi connectivity index (χ0v) is 11.6.